The summed E-state index contributed by atoms with van der Waals surface area (Å²) in [7, 11) is -7.05. The number of aryl methyl sites for hydroxylation is 1. The summed E-state index contributed by atoms with van der Waals surface area (Å²) in [4.78, 5) is 31.9. The molecule has 0 unspecified atom stereocenters. The van der Waals surface area contributed by atoms with E-state index in [4.69, 9.17) is 52.1 Å². The third-order valence-electron chi connectivity index (χ3n) is 13.8. The van der Waals surface area contributed by atoms with Crippen molar-refractivity contribution in [3.63, 3.8) is 0 Å². The summed E-state index contributed by atoms with van der Waals surface area (Å²) in [5.41, 5.74) is 7.03. The van der Waals surface area contributed by atoms with Gasteiger partial charge in [0.25, 0.3) is 0 Å². The highest BCUT2D eigenvalue weighted by atomic mass is 35.5. The molecule has 2 aromatic carbocycles. The van der Waals surface area contributed by atoms with E-state index < -0.39 is 49.9 Å². The van der Waals surface area contributed by atoms with Gasteiger partial charge in [-0.3, -0.25) is 19.7 Å². The predicted molar refractivity (Wildman–Crippen MR) is 274 cm³/mol. The number of rotatable bonds is 20. The number of carboxylic acids is 1. The first kappa shape index (κ1) is 52.9. The lowest BCUT2D eigenvalue weighted by atomic mass is 9.85. The van der Waals surface area contributed by atoms with Gasteiger partial charge in [-0.05, 0) is 110 Å². The number of aliphatic hydroxyl groups is 2. The third kappa shape index (κ3) is 11.8. The van der Waals surface area contributed by atoms with Crippen LogP contribution in [0.2, 0.25) is 10.0 Å². The lowest BCUT2D eigenvalue weighted by Gasteiger charge is -2.23. The minimum Gasteiger partial charge on any atom is -0.481 e. The molecule has 74 heavy (non-hydrogen) atoms. The van der Waals surface area contributed by atoms with Crippen LogP contribution in [0.3, 0.4) is 0 Å². The smallest absolute Gasteiger partial charge is 0.311 e. The number of nitrogens with zero attached hydrogens (tertiary/aromatic N) is 5. The van der Waals surface area contributed by atoms with Crippen molar-refractivity contribution >= 4 is 48.8 Å². The fourth-order valence-corrected chi connectivity index (χ4v) is 11.3. The standard InChI is InChI=1S/C53H55Cl2N5O12S2/c1-53(30-61,52(63)64)16-14-33-20-44(54)50(58-48(33)69-28-31-18-36(24-56-22-31)73(2,65)66)71-46-12-10-40-38(6-4-8-42(40)46)39-7-5-9-43-41(39)11-13-47(43)72-51-45(55)21-34(26-60-17-15-35(62)27-60)49(59-51)70-29-32-19-37(25-57-23-32)74(3,67)68/h4-9,18-25,35,46-47,61-62H,10-17,26-30H2,1-3H3,(H,63,64)/t35-,46+,47+,53+/m1/s1. The lowest BCUT2D eigenvalue weighted by molar-refractivity contribution is -0.150. The number of hydrogen-bond acceptors (Lipinski definition) is 16. The summed E-state index contributed by atoms with van der Waals surface area (Å²) < 4.78 is 74.7. The van der Waals surface area contributed by atoms with E-state index in [9.17, 15) is 36.9 Å². The quantitative estimate of drug-likeness (QED) is 0.0658. The van der Waals surface area contributed by atoms with Crippen LogP contribution in [-0.2, 0) is 63.5 Å². The topological polar surface area (TPSA) is 238 Å². The van der Waals surface area contributed by atoms with Gasteiger partial charge < -0.3 is 34.3 Å². The van der Waals surface area contributed by atoms with E-state index in [0.717, 1.165) is 45.9 Å². The molecule has 21 heteroatoms. The molecular weight excluding hydrogens is 1030 g/mol. The summed E-state index contributed by atoms with van der Waals surface area (Å²) in [6.07, 6.45) is 9.99. The highest BCUT2D eigenvalue weighted by Gasteiger charge is 2.35. The second-order valence-corrected chi connectivity index (χ2v) is 24.2. The van der Waals surface area contributed by atoms with Gasteiger partial charge in [0, 0.05) is 79.2 Å². The van der Waals surface area contributed by atoms with E-state index in [2.05, 4.69) is 27.0 Å². The van der Waals surface area contributed by atoms with Gasteiger partial charge in [-0.1, -0.05) is 59.6 Å². The van der Waals surface area contributed by atoms with Gasteiger partial charge in [-0.2, -0.15) is 9.97 Å². The number of likely N-dealkylation sites (tertiary alicyclic amines) is 1. The summed E-state index contributed by atoms with van der Waals surface area (Å²) in [5.74, 6) is -0.493. The molecule has 4 aromatic heterocycles. The first-order chi connectivity index (χ1) is 35.3. The van der Waals surface area contributed by atoms with E-state index in [1.807, 2.05) is 24.3 Å². The van der Waals surface area contributed by atoms with E-state index in [1.165, 1.54) is 43.8 Å². The zero-order chi connectivity index (χ0) is 52.5. The molecule has 1 aliphatic heterocycles. The molecule has 3 aliphatic rings. The number of aliphatic carboxylic acids is 1. The second-order valence-electron chi connectivity index (χ2n) is 19.4. The molecule has 3 N–H and O–H groups in total. The number of halogens is 2. The molecule has 17 nitrogen and oxygen atoms in total. The van der Waals surface area contributed by atoms with Gasteiger partial charge in [0.1, 0.15) is 35.5 Å². The SMILES string of the molecule is C[C@@](CO)(CCc1cc(Cl)c(O[C@H]2CCc3c(-c4cccc5c4CC[C@@H]5Oc4nc(OCc5cncc(S(C)(=O)=O)c5)c(CN5CC[C@@H](O)C5)cc4Cl)cccc32)nc1OCc1cncc(S(C)(=O)=O)c1)C(=O)O. The minimum atomic E-state index is -3.55. The Hall–Kier alpha value is -5.93. The van der Waals surface area contributed by atoms with Crippen LogP contribution in [0, 0.1) is 5.41 Å². The van der Waals surface area contributed by atoms with Crippen molar-refractivity contribution in [1.29, 1.82) is 0 Å². The normalized spacial score (nSPS) is 18.4. The van der Waals surface area contributed by atoms with Crippen molar-refractivity contribution in [3.05, 3.63) is 140 Å². The average Bonchev–Trinajstić information content (AvgIpc) is 4.11. The van der Waals surface area contributed by atoms with Crippen LogP contribution in [-0.4, -0.2) is 101 Å². The summed E-state index contributed by atoms with van der Waals surface area (Å²) in [6, 6.07) is 18.6. The Labute approximate surface area is 439 Å². The Morgan fingerprint density at radius 3 is 1.69 bits per heavy atom. The number of benzene rings is 2. The number of aromatic nitrogens is 4. The second kappa shape index (κ2) is 21.7. The van der Waals surface area contributed by atoms with E-state index in [-0.39, 0.29) is 70.5 Å². The van der Waals surface area contributed by atoms with Crippen LogP contribution in [0.5, 0.6) is 23.5 Å². The van der Waals surface area contributed by atoms with E-state index in [1.54, 1.807) is 12.1 Å². The molecule has 0 amide bonds. The van der Waals surface area contributed by atoms with Crippen LogP contribution in [0.4, 0.5) is 0 Å². The molecule has 5 heterocycles. The summed E-state index contributed by atoms with van der Waals surface area (Å²) in [5, 5.41) is 30.5. The van der Waals surface area contributed by atoms with Gasteiger partial charge in [0.05, 0.1) is 27.9 Å². The number of pyridine rings is 4. The maximum atomic E-state index is 12.3. The van der Waals surface area contributed by atoms with Crippen molar-refractivity contribution < 1.29 is 55.9 Å². The maximum Gasteiger partial charge on any atom is 0.311 e. The van der Waals surface area contributed by atoms with Crippen LogP contribution in [0.1, 0.15) is 89.3 Å². The maximum absolute atomic E-state index is 12.3. The zero-order valence-corrected chi connectivity index (χ0v) is 44.0. The van der Waals surface area contributed by atoms with E-state index >= 15 is 0 Å². The van der Waals surface area contributed by atoms with Crippen molar-refractivity contribution in [3.8, 4) is 34.6 Å². The number of β-amino-alcohol motifs (C(OH)–C–C–N with tert-alkyl or cyclic N) is 1. The Morgan fingerprint density at radius 1 is 0.730 bits per heavy atom. The van der Waals surface area contributed by atoms with Crippen LogP contribution in [0.15, 0.2) is 95.2 Å². The molecule has 390 valence electrons. The minimum absolute atomic E-state index is 0.0138. The highest BCUT2D eigenvalue weighted by molar-refractivity contribution is 7.91. The van der Waals surface area contributed by atoms with Gasteiger partial charge >= 0.3 is 5.97 Å². The molecule has 0 saturated carbocycles. The Morgan fingerprint density at radius 2 is 1.23 bits per heavy atom. The molecule has 9 rings (SSSR count). The molecule has 4 atom stereocenters. The molecule has 0 spiro atoms. The number of hydrogen-bond donors (Lipinski definition) is 3. The number of ether oxygens (including phenoxy) is 4. The molecule has 0 bridgehead atoms. The first-order valence-electron chi connectivity index (χ1n) is 24.0. The Kier molecular flexibility index (Phi) is 15.5. The van der Waals surface area contributed by atoms with Crippen molar-refractivity contribution in [2.24, 2.45) is 5.41 Å². The van der Waals surface area contributed by atoms with Gasteiger partial charge in [-0.25, -0.2) is 16.8 Å². The first-order valence-corrected chi connectivity index (χ1v) is 28.5. The van der Waals surface area contributed by atoms with Crippen molar-refractivity contribution in [1.82, 2.24) is 24.8 Å². The van der Waals surface area contributed by atoms with Crippen LogP contribution in [0.25, 0.3) is 11.1 Å². The van der Waals surface area contributed by atoms with Crippen molar-refractivity contribution in [2.75, 3.05) is 32.2 Å². The number of aliphatic hydroxyl groups excluding tert-OH is 2. The predicted octanol–water partition coefficient (Wildman–Crippen LogP) is 7.92. The van der Waals surface area contributed by atoms with E-state index in [0.29, 0.717) is 79.0 Å². The highest BCUT2D eigenvalue weighted by Crippen LogP contribution is 2.46. The molecule has 6 aromatic rings. The molecule has 0 radical (unpaired) electrons. The van der Waals surface area contributed by atoms with Crippen LogP contribution < -0.4 is 18.9 Å². The number of carbonyl (C=O) groups is 1. The Balaban J connectivity index is 0.960. The monoisotopic (exact) mass is 1090 g/mol. The van der Waals surface area contributed by atoms with Crippen LogP contribution >= 0.6 is 23.2 Å². The fraction of sp³-hybridized carbons (Fsp3) is 0.377. The van der Waals surface area contributed by atoms with Crippen molar-refractivity contribution in [2.45, 2.75) is 99.7 Å². The number of carboxylic acid groups (broad SMARTS) is 1. The van der Waals surface area contributed by atoms with Gasteiger partial charge in [0.15, 0.2) is 19.7 Å². The molecule has 1 fully saturated rings. The largest absolute Gasteiger partial charge is 0.481 e. The number of fused-ring (bicyclic) bond motifs is 2. The fourth-order valence-electron chi connectivity index (χ4n) is 9.60. The molecular formula is C53H55Cl2N5O12S2. The van der Waals surface area contributed by atoms with Gasteiger partial charge in [0.2, 0.25) is 23.5 Å². The average molecular weight is 1090 g/mol. The molecule has 2 aliphatic carbocycles. The molecule has 1 saturated heterocycles. The summed E-state index contributed by atoms with van der Waals surface area (Å²) >= 11 is 13.8. The van der Waals surface area contributed by atoms with Gasteiger partial charge in [-0.15, -0.1) is 0 Å². The Bertz CT molecular complexity index is 3350. The number of sulfone groups is 2. The third-order valence-corrected chi connectivity index (χ3v) is 16.5. The lowest BCUT2D eigenvalue weighted by Crippen LogP contribution is -2.32. The summed E-state index contributed by atoms with van der Waals surface area (Å²) in [6.45, 7) is 2.33. The zero-order valence-electron chi connectivity index (χ0n) is 40.8.